The van der Waals surface area contributed by atoms with Gasteiger partial charge in [-0.3, -0.25) is 4.79 Å². The van der Waals surface area contributed by atoms with Gasteiger partial charge in [0.2, 0.25) is 11.8 Å². The Morgan fingerprint density at radius 1 is 1.12 bits per heavy atom. The number of hydrogen-bond donors (Lipinski definition) is 1. The summed E-state index contributed by atoms with van der Waals surface area (Å²) < 4.78 is 11.6. The molecule has 3 heterocycles. The third kappa shape index (κ3) is 3.85. The number of hydrogen-bond acceptors (Lipinski definition) is 5. The molecule has 138 valence electrons. The molecule has 2 fully saturated rings. The van der Waals surface area contributed by atoms with Gasteiger partial charge in [-0.05, 0) is 49.8 Å². The molecule has 0 radical (unpaired) electrons. The molecule has 1 N–H and O–H groups in total. The molecule has 6 nitrogen and oxygen atoms in total. The number of nitrogens with zero attached hydrogens (tertiary/aromatic N) is 2. The fourth-order valence-corrected chi connectivity index (χ4v) is 3.52. The fraction of sp³-hybridized carbons (Fsp3) is 0.450. The van der Waals surface area contributed by atoms with Gasteiger partial charge in [-0.25, -0.2) is 9.97 Å². The number of pyridine rings is 2. The van der Waals surface area contributed by atoms with Crippen molar-refractivity contribution in [3.63, 3.8) is 0 Å². The lowest BCUT2D eigenvalue weighted by atomic mass is 9.81. The Labute approximate surface area is 154 Å². The van der Waals surface area contributed by atoms with Gasteiger partial charge in [-0.1, -0.05) is 12.1 Å². The second kappa shape index (κ2) is 7.83. The number of amides is 1. The summed E-state index contributed by atoms with van der Waals surface area (Å²) in [4.78, 5) is 20.8. The molecule has 0 atom stereocenters. The van der Waals surface area contributed by atoms with Crippen LogP contribution in [0.15, 0.2) is 42.7 Å². The quantitative estimate of drug-likeness (QED) is 0.890. The van der Waals surface area contributed by atoms with Crippen molar-refractivity contribution in [2.75, 3.05) is 18.5 Å². The van der Waals surface area contributed by atoms with Gasteiger partial charge in [-0.15, -0.1) is 0 Å². The number of anilines is 1. The minimum atomic E-state index is -0.0303. The van der Waals surface area contributed by atoms with Crippen molar-refractivity contribution in [1.82, 2.24) is 9.97 Å². The number of carbonyl (C=O) groups is 1. The van der Waals surface area contributed by atoms with Crippen LogP contribution in [0, 0.1) is 5.92 Å². The standard InChI is InChI=1S/C20H23N3O3.H2/c24-19(23-18-5-1-2-8-21-18)15-12-16(13-15)26-20-17(4-3-9-22-20)14-6-10-25-11-7-14;/h1-5,8-9,14-16H,6-7,10-13H2,(H,21,23,24);1H. The predicted molar refractivity (Wildman–Crippen MR) is 99.2 cm³/mol. The molecule has 1 saturated carbocycles. The Morgan fingerprint density at radius 3 is 2.69 bits per heavy atom. The minimum Gasteiger partial charge on any atom is -0.474 e. The number of rotatable bonds is 5. The van der Waals surface area contributed by atoms with Crippen molar-refractivity contribution < 1.29 is 15.7 Å². The van der Waals surface area contributed by atoms with E-state index in [0.717, 1.165) is 31.6 Å². The molecular formula is C20H25N3O3. The van der Waals surface area contributed by atoms with Crippen LogP contribution in [0.25, 0.3) is 0 Å². The van der Waals surface area contributed by atoms with E-state index < -0.39 is 0 Å². The molecule has 1 saturated heterocycles. The highest BCUT2D eigenvalue weighted by molar-refractivity contribution is 5.92. The summed E-state index contributed by atoms with van der Waals surface area (Å²) in [6.45, 7) is 1.58. The van der Waals surface area contributed by atoms with Crippen LogP contribution in [0.3, 0.4) is 0 Å². The largest absolute Gasteiger partial charge is 0.474 e. The monoisotopic (exact) mass is 355 g/mol. The van der Waals surface area contributed by atoms with E-state index in [1.165, 1.54) is 0 Å². The van der Waals surface area contributed by atoms with E-state index in [4.69, 9.17) is 9.47 Å². The second-order valence-electron chi connectivity index (χ2n) is 6.90. The molecule has 1 aliphatic carbocycles. The first-order valence-electron chi connectivity index (χ1n) is 9.21. The zero-order chi connectivity index (χ0) is 17.8. The summed E-state index contributed by atoms with van der Waals surface area (Å²) in [5.74, 6) is 1.73. The first-order chi connectivity index (χ1) is 12.8. The van der Waals surface area contributed by atoms with Crippen LogP contribution in [0.2, 0.25) is 0 Å². The normalized spacial score (nSPS) is 23.1. The number of nitrogens with one attached hydrogen (secondary N) is 1. The van der Waals surface area contributed by atoms with Crippen molar-refractivity contribution in [2.24, 2.45) is 5.92 Å². The van der Waals surface area contributed by atoms with Gasteiger partial charge in [0, 0.05) is 38.5 Å². The van der Waals surface area contributed by atoms with Crippen LogP contribution in [-0.4, -0.2) is 35.2 Å². The third-order valence-corrected chi connectivity index (χ3v) is 5.12. The lowest BCUT2D eigenvalue weighted by Crippen LogP contribution is -2.41. The molecule has 0 spiro atoms. The molecule has 1 amide bonds. The molecular weight excluding hydrogens is 330 g/mol. The zero-order valence-electron chi connectivity index (χ0n) is 14.6. The molecule has 2 aromatic heterocycles. The summed E-state index contributed by atoms with van der Waals surface area (Å²) in [6, 6.07) is 9.53. The number of carbonyl (C=O) groups excluding carboxylic acids is 1. The van der Waals surface area contributed by atoms with Crippen molar-refractivity contribution in [2.45, 2.75) is 37.7 Å². The zero-order valence-corrected chi connectivity index (χ0v) is 14.6. The Balaban J connectivity index is 0.00000210. The average Bonchev–Trinajstić information content (AvgIpc) is 2.66. The van der Waals surface area contributed by atoms with E-state index in [2.05, 4.69) is 21.4 Å². The van der Waals surface area contributed by atoms with E-state index in [1.54, 1.807) is 18.5 Å². The summed E-state index contributed by atoms with van der Waals surface area (Å²) in [7, 11) is 0. The minimum absolute atomic E-state index is 0. The summed E-state index contributed by atoms with van der Waals surface area (Å²) in [6.07, 6.45) is 6.90. The van der Waals surface area contributed by atoms with E-state index in [-0.39, 0.29) is 19.4 Å². The van der Waals surface area contributed by atoms with E-state index in [1.807, 2.05) is 18.2 Å². The van der Waals surface area contributed by atoms with Crippen LogP contribution >= 0.6 is 0 Å². The van der Waals surface area contributed by atoms with Gasteiger partial charge in [0.15, 0.2) is 0 Å². The average molecular weight is 355 g/mol. The fourth-order valence-electron chi connectivity index (χ4n) is 3.52. The van der Waals surface area contributed by atoms with Gasteiger partial charge in [0.05, 0.1) is 0 Å². The molecule has 6 heteroatoms. The van der Waals surface area contributed by atoms with E-state index in [0.29, 0.717) is 30.5 Å². The molecule has 0 bridgehead atoms. The van der Waals surface area contributed by atoms with Gasteiger partial charge in [-0.2, -0.15) is 0 Å². The van der Waals surface area contributed by atoms with Crippen molar-refractivity contribution in [3.8, 4) is 5.88 Å². The first kappa shape index (κ1) is 17.0. The molecule has 1 aliphatic heterocycles. The van der Waals surface area contributed by atoms with E-state index >= 15 is 0 Å². The topological polar surface area (TPSA) is 73.3 Å². The van der Waals surface area contributed by atoms with Crippen molar-refractivity contribution >= 4 is 11.7 Å². The summed E-state index contributed by atoms with van der Waals surface area (Å²) in [5.41, 5.74) is 1.16. The van der Waals surface area contributed by atoms with Crippen LogP contribution in [0.4, 0.5) is 5.82 Å². The van der Waals surface area contributed by atoms with Crippen LogP contribution in [0.1, 0.15) is 38.6 Å². The lowest BCUT2D eigenvalue weighted by Gasteiger charge is -2.35. The van der Waals surface area contributed by atoms with Gasteiger partial charge in [0.25, 0.3) is 0 Å². The Hall–Kier alpha value is -2.47. The maximum absolute atomic E-state index is 12.3. The number of ether oxygens (including phenoxy) is 2. The Bertz CT molecular complexity index is 747. The molecule has 2 aliphatic rings. The molecule has 26 heavy (non-hydrogen) atoms. The maximum atomic E-state index is 12.3. The Kier molecular flexibility index (Phi) is 5.11. The molecule has 0 aromatic carbocycles. The summed E-state index contributed by atoms with van der Waals surface area (Å²) in [5, 5.41) is 2.86. The highest BCUT2D eigenvalue weighted by atomic mass is 16.5. The SMILES string of the molecule is O=C(Nc1ccccn1)C1CC(Oc2ncccc2C2CCOCC2)C1.[HH]. The highest BCUT2D eigenvalue weighted by Gasteiger charge is 2.37. The van der Waals surface area contributed by atoms with Crippen LogP contribution in [0.5, 0.6) is 5.88 Å². The lowest BCUT2D eigenvalue weighted by molar-refractivity contribution is -0.125. The third-order valence-electron chi connectivity index (χ3n) is 5.12. The Morgan fingerprint density at radius 2 is 1.92 bits per heavy atom. The second-order valence-corrected chi connectivity index (χ2v) is 6.90. The highest BCUT2D eigenvalue weighted by Crippen LogP contribution is 2.36. The number of aromatic nitrogens is 2. The molecule has 0 unspecified atom stereocenters. The van der Waals surface area contributed by atoms with Gasteiger partial charge in [0.1, 0.15) is 11.9 Å². The van der Waals surface area contributed by atoms with E-state index in [9.17, 15) is 4.79 Å². The van der Waals surface area contributed by atoms with Gasteiger partial charge >= 0.3 is 0 Å². The smallest absolute Gasteiger partial charge is 0.228 e. The summed E-state index contributed by atoms with van der Waals surface area (Å²) >= 11 is 0. The predicted octanol–water partition coefficient (Wildman–Crippen LogP) is 3.41. The first-order valence-corrected chi connectivity index (χ1v) is 9.21. The van der Waals surface area contributed by atoms with Crippen molar-refractivity contribution in [3.05, 3.63) is 48.3 Å². The van der Waals surface area contributed by atoms with Crippen molar-refractivity contribution in [1.29, 1.82) is 0 Å². The maximum Gasteiger partial charge on any atom is 0.228 e. The molecule has 4 rings (SSSR count). The van der Waals surface area contributed by atoms with Gasteiger partial charge < -0.3 is 14.8 Å². The molecule has 2 aromatic rings. The van der Waals surface area contributed by atoms with Crippen LogP contribution in [-0.2, 0) is 9.53 Å². The van der Waals surface area contributed by atoms with Crippen LogP contribution < -0.4 is 10.1 Å².